The molecule has 1 unspecified atom stereocenters. The van der Waals surface area contributed by atoms with Crippen LogP contribution in [-0.4, -0.2) is 42.7 Å². The number of alkyl halides is 3. The van der Waals surface area contributed by atoms with Gasteiger partial charge in [-0.3, -0.25) is 14.9 Å². The quantitative estimate of drug-likeness (QED) is 0.419. The summed E-state index contributed by atoms with van der Waals surface area (Å²) in [6.07, 6.45) is -5.81. The van der Waals surface area contributed by atoms with Gasteiger partial charge in [-0.2, -0.15) is 17.5 Å². The van der Waals surface area contributed by atoms with E-state index in [1.807, 2.05) is 0 Å². The second-order valence-corrected chi connectivity index (χ2v) is 8.74. The molecule has 2 aromatic carbocycles. The molecular weight excluding hydrogens is 467 g/mol. The monoisotopic (exact) mass is 489 g/mol. The third kappa shape index (κ3) is 6.20. The number of halogens is 3. The molecule has 0 spiro atoms. The molecular formula is C20H22F3N3O6S. The molecule has 1 amide bonds. The fourth-order valence-electron chi connectivity index (χ4n) is 2.84. The first kappa shape index (κ1) is 26.1. The van der Waals surface area contributed by atoms with Gasteiger partial charge in [-0.15, -0.1) is 0 Å². The smallest absolute Gasteiger partial charge is 0.416 e. The highest BCUT2D eigenvalue weighted by atomic mass is 32.2. The highest BCUT2D eigenvalue weighted by molar-refractivity contribution is 7.89. The van der Waals surface area contributed by atoms with Gasteiger partial charge >= 0.3 is 11.9 Å². The number of nitro groups is 1. The summed E-state index contributed by atoms with van der Waals surface area (Å²) in [5.74, 6) is -1.11. The lowest BCUT2D eigenvalue weighted by Gasteiger charge is -2.19. The average molecular weight is 489 g/mol. The number of hydrogen-bond acceptors (Lipinski definition) is 6. The van der Waals surface area contributed by atoms with E-state index in [4.69, 9.17) is 4.74 Å². The largest absolute Gasteiger partial charge is 0.474 e. The normalized spacial score (nSPS) is 12.9. The minimum absolute atomic E-state index is 0.0682. The Morgan fingerprint density at radius 3 is 2.21 bits per heavy atom. The minimum atomic E-state index is -4.52. The number of sulfonamides is 1. The number of carbonyl (C=O) groups is 1. The van der Waals surface area contributed by atoms with Gasteiger partial charge in [-0.05, 0) is 43.3 Å². The van der Waals surface area contributed by atoms with E-state index in [0.29, 0.717) is 0 Å². The number of ether oxygens (including phenoxy) is 1. The number of rotatable bonds is 9. The van der Waals surface area contributed by atoms with Crippen molar-refractivity contribution in [1.29, 1.82) is 0 Å². The molecule has 0 fully saturated rings. The Morgan fingerprint density at radius 1 is 1.15 bits per heavy atom. The summed E-state index contributed by atoms with van der Waals surface area (Å²) in [7, 11) is -3.96. The van der Waals surface area contributed by atoms with E-state index in [0.717, 1.165) is 46.8 Å². The molecule has 0 radical (unpaired) electrons. The van der Waals surface area contributed by atoms with Crippen LogP contribution >= 0.6 is 0 Å². The van der Waals surface area contributed by atoms with Gasteiger partial charge < -0.3 is 10.1 Å². The molecule has 1 atom stereocenters. The fraction of sp³-hybridized carbons (Fsp3) is 0.350. The summed E-state index contributed by atoms with van der Waals surface area (Å²) in [6.45, 7) is 4.88. The van der Waals surface area contributed by atoms with Crippen molar-refractivity contribution in [3.63, 3.8) is 0 Å². The van der Waals surface area contributed by atoms with Crippen molar-refractivity contribution in [1.82, 2.24) is 4.31 Å². The summed E-state index contributed by atoms with van der Waals surface area (Å²) in [5, 5.41) is 13.8. The molecule has 0 aliphatic rings. The molecule has 180 valence electrons. The number of amides is 1. The number of nitrogens with one attached hydrogen (secondary N) is 1. The predicted molar refractivity (Wildman–Crippen MR) is 113 cm³/mol. The molecule has 1 N–H and O–H groups in total. The topological polar surface area (TPSA) is 119 Å². The standard InChI is InChI=1S/C20H22F3N3O6S/c1-4-25(5-2)33(30,31)16-10-11-18(17(12-16)26(28)29)32-13(3)19(27)24-15-8-6-14(7-9-15)20(21,22)23/h6-13H,4-5H2,1-3H3,(H,24,27). The molecule has 2 aromatic rings. The average Bonchev–Trinajstić information content (AvgIpc) is 2.74. The molecule has 2 rings (SSSR count). The molecule has 0 aliphatic carbocycles. The number of nitro benzene ring substituents is 1. The second kappa shape index (κ2) is 10.2. The van der Waals surface area contributed by atoms with Crippen LogP contribution in [0.15, 0.2) is 47.4 Å². The van der Waals surface area contributed by atoms with Gasteiger partial charge in [-0.25, -0.2) is 8.42 Å². The Hall–Kier alpha value is -3.19. The van der Waals surface area contributed by atoms with E-state index < -0.39 is 44.4 Å². The van der Waals surface area contributed by atoms with Crippen molar-refractivity contribution in [2.24, 2.45) is 0 Å². The maximum atomic E-state index is 12.6. The van der Waals surface area contributed by atoms with E-state index >= 15 is 0 Å². The molecule has 0 aromatic heterocycles. The first-order valence-corrected chi connectivity index (χ1v) is 11.2. The van der Waals surface area contributed by atoms with Gasteiger partial charge in [0.2, 0.25) is 10.0 Å². The Bertz CT molecular complexity index is 1120. The Balaban J connectivity index is 2.22. The minimum Gasteiger partial charge on any atom is -0.474 e. The maximum Gasteiger partial charge on any atom is 0.416 e. The lowest BCUT2D eigenvalue weighted by Crippen LogP contribution is -2.31. The molecule has 0 bridgehead atoms. The zero-order chi connectivity index (χ0) is 25.0. The van der Waals surface area contributed by atoms with Crippen molar-refractivity contribution in [2.45, 2.75) is 37.9 Å². The molecule has 0 saturated carbocycles. The molecule has 0 saturated heterocycles. The Labute approximate surface area is 188 Å². The van der Waals surface area contributed by atoms with Gasteiger partial charge in [-0.1, -0.05) is 13.8 Å². The van der Waals surface area contributed by atoms with Gasteiger partial charge in [0.05, 0.1) is 15.4 Å². The summed E-state index contributed by atoms with van der Waals surface area (Å²) in [4.78, 5) is 22.7. The van der Waals surface area contributed by atoms with Crippen LogP contribution in [0.5, 0.6) is 5.75 Å². The maximum absolute atomic E-state index is 12.6. The van der Waals surface area contributed by atoms with Crippen LogP contribution in [0, 0.1) is 10.1 Å². The van der Waals surface area contributed by atoms with Crippen LogP contribution < -0.4 is 10.1 Å². The molecule has 0 aliphatic heterocycles. The third-order valence-electron chi connectivity index (χ3n) is 4.62. The summed E-state index contributed by atoms with van der Waals surface area (Å²) >= 11 is 0. The number of hydrogen-bond donors (Lipinski definition) is 1. The second-order valence-electron chi connectivity index (χ2n) is 6.80. The number of benzene rings is 2. The van der Waals surface area contributed by atoms with Crippen molar-refractivity contribution in [3.05, 3.63) is 58.1 Å². The fourth-order valence-corrected chi connectivity index (χ4v) is 4.32. The van der Waals surface area contributed by atoms with Gasteiger partial charge in [0.15, 0.2) is 11.9 Å². The molecule has 33 heavy (non-hydrogen) atoms. The van der Waals surface area contributed by atoms with E-state index in [9.17, 15) is 36.5 Å². The number of nitrogens with zero attached hydrogens (tertiary/aromatic N) is 2. The van der Waals surface area contributed by atoms with Crippen LogP contribution in [0.3, 0.4) is 0 Å². The number of carbonyl (C=O) groups excluding carboxylic acids is 1. The van der Waals surface area contributed by atoms with Crippen LogP contribution in [0.4, 0.5) is 24.5 Å². The van der Waals surface area contributed by atoms with Crippen LogP contribution in [-0.2, 0) is 21.0 Å². The van der Waals surface area contributed by atoms with Gasteiger partial charge in [0.1, 0.15) is 0 Å². The van der Waals surface area contributed by atoms with Crippen LogP contribution in [0.2, 0.25) is 0 Å². The highest BCUT2D eigenvalue weighted by Crippen LogP contribution is 2.32. The van der Waals surface area contributed by atoms with Crippen molar-refractivity contribution >= 4 is 27.3 Å². The Morgan fingerprint density at radius 2 is 1.73 bits per heavy atom. The summed E-state index contributed by atoms with van der Waals surface area (Å²) in [6, 6.07) is 6.77. The number of anilines is 1. The van der Waals surface area contributed by atoms with Crippen LogP contribution in [0.1, 0.15) is 26.3 Å². The predicted octanol–water partition coefficient (Wildman–Crippen LogP) is 4.05. The lowest BCUT2D eigenvalue weighted by molar-refractivity contribution is -0.386. The van der Waals surface area contributed by atoms with Gasteiger partial charge in [0, 0.05) is 24.8 Å². The SMILES string of the molecule is CCN(CC)S(=O)(=O)c1ccc(OC(C)C(=O)Nc2ccc(C(F)(F)F)cc2)c([N+](=O)[O-])c1. The van der Waals surface area contributed by atoms with E-state index in [1.165, 1.54) is 6.92 Å². The van der Waals surface area contributed by atoms with E-state index in [-0.39, 0.29) is 29.4 Å². The van der Waals surface area contributed by atoms with Crippen molar-refractivity contribution in [2.75, 3.05) is 18.4 Å². The molecule has 13 heteroatoms. The zero-order valence-corrected chi connectivity index (χ0v) is 18.7. The van der Waals surface area contributed by atoms with E-state index in [1.54, 1.807) is 13.8 Å². The first-order chi connectivity index (χ1) is 15.3. The summed E-state index contributed by atoms with van der Waals surface area (Å²) < 4.78 is 69.7. The highest BCUT2D eigenvalue weighted by Gasteiger charge is 2.30. The van der Waals surface area contributed by atoms with Crippen molar-refractivity contribution in [3.8, 4) is 5.75 Å². The molecule has 9 nitrogen and oxygen atoms in total. The van der Waals surface area contributed by atoms with Gasteiger partial charge in [0.25, 0.3) is 5.91 Å². The van der Waals surface area contributed by atoms with Crippen molar-refractivity contribution < 1.29 is 36.0 Å². The van der Waals surface area contributed by atoms with Crippen LogP contribution in [0.25, 0.3) is 0 Å². The first-order valence-electron chi connectivity index (χ1n) is 9.74. The molecule has 0 heterocycles. The van der Waals surface area contributed by atoms with E-state index in [2.05, 4.69) is 5.32 Å². The lowest BCUT2D eigenvalue weighted by atomic mass is 10.2. The third-order valence-corrected chi connectivity index (χ3v) is 6.67. The zero-order valence-electron chi connectivity index (χ0n) is 17.9. The Kier molecular flexibility index (Phi) is 8.03. The summed E-state index contributed by atoms with van der Waals surface area (Å²) in [5.41, 5.74) is -1.48.